The number of aryl methyl sites for hydroxylation is 1. The summed E-state index contributed by atoms with van der Waals surface area (Å²) in [6.07, 6.45) is 1.27. The SMILES string of the molecule is CCn1cc(C(=O)O)c(=O)c2cc(F)c(N3CCN(c4nnc(SCC(=O)c5ccccc5)s4)C(C)C3)c(OC)c21. The van der Waals surface area contributed by atoms with E-state index in [1.54, 1.807) is 16.7 Å². The number of hydrogen-bond donors (Lipinski definition) is 1. The second-order valence-electron chi connectivity index (χ2n) is 9.52. The number of aromatic carboxylic acids is 1. The second-order valence-corrected chi connectivity index (χ2v) is 11.7. The number of pyridine rings is 1. The highest BCUT2D eigenvalue weighted by Crippen LogP contribution is 2.40. The first kappa shape index (κ1) is 28.6. The predicted octanol–water partition coefficient (Wildman–Crippen LogP) is 4.41. The zero-order chi connectivity index (χ0) is 29.3. The Morgan fingerprint density at radius 3 is 2.63 bits per heavy atom. The number of hydrogen-bond acceptors (Lipinski definition) is 10. The van der Waals surface area contributed by atoms with Gasteiger partial charge in [-0.05, 0) is 19.9 Å². The van der Waals surface area contributed by atoms with Crippen LogP contribution in [0.4, 0.5) is 15.2 Å². The Bertz CT molecular complexity index is 1680. The van der Waals surface area contributed by atoms with Gasteiger partial charge in [0.15, 0.2) is 21.7 Å². The van der Waals surface area contributed by atoms with Crippen LogP contribution >= 0.6 is 23.1 Å². The quantitative estimate of drug-likeness (QED) is 0.220. The standard InChI is InChI=1S/C28H28FN5O5S2/c1-4-32-14-19(26(37)38)24(36)18-12-20(29)23(25(39-3)22(18)32)33-10-11-34(16(2)13-33)27-30-31-28(41-27)40-15-21(35)17-8-6-5-7-9-17/h5-9,12,14,16H,4,10-11,13,15H2,1-3H3,(H,37,38). The van der Waals surface area contributed by atoms with Gasteiger partial charge in [-0.2, -0.15) is 0 Å². The molecule has 0 aliphatic carbocycles. The highest BCUT2D eigenvalue weighted by molar-refractivity contribution is 8.01. The lowest BCUT2D eigenvalue weighted by molar-refractivity contribution is 0.0694. The highest BCUT2D eigenvalue weighted by Gasteiger charge is 2.31. The number of fused-ring (bicyclic) bond motifs is 1. The van der Waals surface area contributed by atoms with Gasteiger partial charge in [-0.15, -0.1) is 10.2 Å². The molecule has 10 nitrogen and oxygen atoms in total. The van der Waals surface area contributed by atoms with E-state index in [4.69, 9.17) is 4.74 Å². The van der Waals surface area contributed by atoms with Crippen LogP contribution in [0.5, 0.6) is 5.75 Å². The number of carboxylic acid groups (broad SMARTS) is 1. The van der Waals surface area contributed by atoms with Crippen molar-refractivity contribution in [1.29, 1.82) is 0 Å². The summed E-state index contributed by atoms with van der Waals surface area (Å²) in [4.78, 5) is 40.9. The molecular weight excluding hydrogens is 569 g/mol. The van der Waals surface area contributed by atoms with Crippen LogP contribution < -0.4 is 20.0 Å². The van der Waals surface area contributed by atoms with E-state index in [1.807, 2.05) is 36.9 Å². The number of benzene rings is 2. The van der Waals surface area contributed by atoms with E-state index in [0.717, 1.165) is 11.2 Å². The van der Waals surface area contributed by atoms with E-state index in [9.17, 15) is 19.5 Å². The molecule has 0 spiro atoms. The Kier molecular flexibility index (Phi) is 8.27. The lowest BCUT2D eigenvalue weighted by atomic mass is 10.1. The minimum absolute atomic E-state index is 0.0216. The van der Waals surface area contributed by atoms with Crippen LogP contribution in [0.3, 0.4) is 0 Å². The third-order valence-electron chi connectivity index (χ3n) is 7.03. The van der Waals surface area contributed by atoms with Crippen molar-refractivity contribution in [2.75, 3.05) is 42.3 Å². The molecule has 0 saturated carbocycles. The molecule has 5 rings (SSSR count). The number of rotatable bonds is 9. The van der Waals surface area contributed by atoms with Crippen LogP contribution in [0.25, 0.3) is 10.9 Å². The Balaban J connectivity index is 1.37. The third kappa shape index (κ3) is 5.51. The summed E-state index contributed by atoms with van der Waals surface area (Å²) in [6, 6.07) is 10.2. The molecule has 1 unspecified atom stereocenters. The summed E-state index contributed by atoms with van der Waals surface area (Å²) >= 11 is 2.76. The van der Waals surface area contributed by atoms with Crippen molar-refractivity contribution in [3.05, 3.63) is 69.8 Å². The van der Waals surface area contributed by atoms with Crippen molar-refractivity contribution in [1.82, 2.24) is 14.8 Å². The zero-order valence-corrected chi connectivity index (χ0v) is 24.3. The number of thioether (sulfide) groups is 1. The van der Waals surface area contributed by atoms with E-state index < -0.39 is 22.8 Å². The lowest BCUT2D eigenvalue weighted by Gasteiger charge is -2.41. The van der Waals surface area contributed by atoms with Crippen LogP contribution in [0.2, 0.25) is 0 Å². The van der Waals surface area contributed by atoms with Gasteiger partial charge in [-0.1, -0.05) is 53.4 Å². The number of carboxylic acids is 1. The van der Waals surface area contributed by atoms with Gasteiger partial charge in [-0.3, -0.25) is 9.59 Å². The predicted molar refractivity (Wildman–Crippen MR) is 158 cm³/mol. The van der Waals surface area contributed by atoms with Crippen molar-refractivity contribution >= 4 is 56.6 Å². The van der Waals surface area contributed by atoms with Crippen molar-refractivity contribution in [2.24, 2.45) is 0 Å². The number of methoxy groups -OCH3 is 1. The maximum Gasteiger partial charge on any atom is 0.341 e. The van der Waals surface area contributed by atoms with Gasteiger partial charge in [0.05, 0.1) is 23.8 Å². The molecule has 214 valence electrons. The number of halogens is 1. The van der Waals surface area contributed by atoms with Gasteiger partial charge in [0.2, 0.25) is 10.6 Å². The van der Waals surface area contributed by atoms with Crippen LogP contribution in [0, 0.1) is 5.82 Å². The maximum absolute atomic E-state index is 15.6. The number of ketones is 1. The van der Waals surface area contributed by atoms with E-state index in [0.29, 0.717) is 41.6 Å². The van der Waals surface area contributed by atoms with Gasteiger partial charge in [0.25, 0.3) is 0 Å². The Morgan fingerprint density at radius 2 is 1.98 bits per heavy atom. The monoisotopic (exact) mass is 597 g/mol. The van der Waals surface area contributed by atoms with Gasteiger partial charge >= 0.3 is 5.97 Å². The summed E-state index contributed by atoms with van der Waals surface area (Å²) in [7, 11) is 1.41. The Morgan fingerprint density at radius 1 is 1.22 bits per heavy atom. The molecule has 1 saturated heterocycles. The van der Waals surface area contributed by atoms with Gasteiger partial charge in [0.1, 0.15) is 11.3 Å². The highest BCUT2D eigenvalue weighted by atomic mass is 32.2. The van der Waals surface area contributed by atoms with Crippen molar-refractivity contribution in [3.63, 3.8) is 0 Å². The van der Waals surface area contributed by atoms with Crippen molar-refractivity contribution in [3.8, 4) is 5.75 Å². The minimum atomic E-state index is -1.37. The van der Waals surface area contributed by atoms with Gasteiger partial charge in [0, 0.05) is 44.0 Å². The van der Waals surface area contributed by atoms with Crippen LogP contribution in [-0.2, 0) is 6.54 Å². The summed E-state index contributed by atoms with van der Waals surface area (Å²) in [6.45, 7) is 5.59. The first-order valence-electron chi connectivity index (χ1n) is 13.0. The zero-order valence-electron chi connectivity index (χ0n) is 22.7. The molecule has 0 radical (unpaired) electrons. The molecule has 41 heavy (non-hydrogen) atoms. The van der Waals surface area contributed by atoms with Crippen LogP contribution in [-0.4, -0.2) is 70.2 Å². The number of nitrogens with zero attached hydrogens (tertiary/aromatic N) is 5. The molecule has 1 aliphatic rings. The number of anilines is 2. The second kappa shape index (κ2) is 11.9. The minimum Gasteiger partial charge on any atom is -0.492 e. The molecule has 2 aromatic heterocycles. The number of aromatic nitrogens is 3. The molecule has 4 aromatic rings. The normalized spacial score (nSPS) is 15.4. The van der Waals surface area contributed by atoms with Crippen molar-refractivity contribution < 1.29 is 23.8 Å². The summed E-state index contributed by atoms with van der Waals surface area (Å²) in [5.74, 6) is -1.55. The molecule has 1 fully saturated rings. The molecule has 3 heterocycles. The average molecular weight is 598 g/mol. The largest absolute Gasteiger partial charge is 0.492 e. The third-order valence-corrected chi connectivity index (χ3v) is 9.12. The summed E-state index contributed by atoms with van der Waals surface area (Å²) in [5, 5.41) is 18.8. The molecule has 0 amide bonds. The van der Waals surface area contributed by atoms with E-state index in [-0.39, 0.29) is 34.4 Å². The number of piperazine rings is 1. The molecule has 13 heteroatoms. The maximum atomic E-state index is 15.6. The van der Waals surface area contributed by atoms with Gasteiger partial charge in [-0.25, -0.2) is 9.18 Å². The summed E-state index contributed by atoms with van der Waals surface area (Å²) in [5.41, 5.74) is 0.0601. The molecule has 1 aliphatic heterocycles. The van der Waals surface area contributed by atoms with E-state index in [1.165, 1.54) is 36.4 Å². The fourth-order valence-corrected chi connectivity index (χ4v) is 6.90. The first-order chi connectivity index (χ1) is 19.7. The number of Topliss-reactive ketones (excluding diaryl/α,β-unsaturated/α-hetero) is 1. The number of carbonyl (C=O) groups is 2. The van der Waals surface area contributed by atoms with E-state index >= 15 is 4.39 Å². The van der Waals surface area contributed by atoms with Crippen LogP contribution in [0.15, 0.2) is 51.7 Å². The van der Waals surface area contributed by atoms with E-state index in [2.05, 4.69) is 15.1 Å². The smallest absolute Gasteiger partial charge is 0.341 e. The number of carbonyl (C=O) groups excluding carboxylic acids is 1. The fraction of sp³-hybridized carbons (Fsp3) is 0.321. The molecule has 0 bridgehead atoms. The Labute approximate surface area is 243 Å². The first-order valence-corrected chi connectivity index (χ1v) is 14.8. The molecule has 2 aromatic carbocycles. The molecule has 1 N–H and O–H groups in total. The van der Waals surface area contributed by atoms with Crippen LogP contribution in [0.1, 0.15) is 34.6 Å². The molecular formula is C28H28FN5O5S2. The van der Waals surface area contributed by atoms with Crippen molar-refractivity contribution in [2.45, 2.75) is 30.8 Å². The molecule has 1 atom stereocenters. The fourth-order valence-electron chi connectivity index (χ4n) is 5.03. The van der Waals surface area contributed by atoms with Gasteiger partial charge < -0.3 is 24.2 Å². The number of ether oxygens (including phenoxy) is 1. The average Bonchev–Trinajstić information content (AvgIpc) is 3.44. The lowest BCUT2D eigenvalue weighted by Crippen LogP contribution is -2.52. The summed E-state index contributed by atoms with van der Waals surface area (Å²) < 4.78 is 23.6. The Hall–Kier alpha value is -3.97. The topological polar surface area (TPSA) is 118 Å².